The lowest BCUT2D eigenvalue weighted by Gasteiger charge is -2.33. The predicted octanol–water partition coefficient (Wildman–Crippen LogP) is 5.34. The van der Waals surface area contributed by atoms with E-state index in [2.05, 4.69) is 40.1 Å². The zero-order chi connectivity index (χ0) is 26.6. The molecule has 1 amide bonds. The number of amides is 1. The molecule has 8 nitrogen and oxygen atoms in total. The first-order valence-electron chi connectivity index (χ1n) is 12.9. The summed E-state index contributed by atoms with van der Waals surface area (Å²) in [5.74, 6) is 1.75. The van der Waals surface area contributed by atoms with E-state index in [1.54, 1.807) is 24.3 Å². The van der Waals surface area contributed by atoms with Crippen LogP contribution in [-0.2, 0) is 0 Å². The van der Waals surface area contributed by atoms with E-state index >= 15 is 0 Å². The molecule has 2 aromatic heterocycles. The Morgan fingerprint density at radius 3 is 2.61 bits per heavy atom. The molecule has 192 valence electrons. The van der Waals surface area contributed by atoms with Gasteiger partial charge in [0.15, 0.2) is 11.9 Å². The van der Waals surface area contributed by atoms with Crippen LogP contribution in [0.1, 0.15) is 64.6 Å². The van der Waals surface area contributed by atoms with Crippen LogP contribution in [0.4, 0.5) is 5.82 Å². The topological polar surface area (TPSA) is 112 Å². The summed E-state index contributed by atoms with van der Waals surface area (Å²) in [5, 5.41) is 12.4. The zero-order valence-corrected chi connectivity index (χ0v) is 21.5. The molecule has 0 saturated carbocycles. The second kappa shape index (κ2) is 10.9. The molecule has 0 aliphatic carbocycles. The largest absolute Gasteiger partial charge is 0.436 e. The van der Waals surface area contributed by atoms with Crippen molar-refractivity contribution in [1.82, 2.24) is 15.3 Å². The highest BCUT2D eigenvalue weighted by Gasteiger charge is 2.21. The highest BCUT2D eigenvalue weighted by molar-refractivity contribution is 5.94. The molecule has 1 aliphatic rings. The normalized spacial score (nSPS) is 14.0. The van der Waals surface area contributed by atoms with Gasteiger partial charge in [0.2, 0.25) is 5.89 Å². The Bertz CT molecular complexity index is 1510. The summed E-state index contributed by atoms with van der Waals surface area (Å²) in [6.45, 7) is 6.40. The fraction of sp³-hybridized carbons (Fsp3) is 0.300. The molecular weight excluding hydrogens is 478 g/mol. The van der Waals surface area contributed by atoms with Crippen LogP contribution >= 0.6 is 0 Å². The van der Waals surface area contributed by atoms with Crippen molar-refractivity contribution in [2.45, 2.75) is 32.6 Å². The smallest absolute Gasteiger partial charge is 0.251 e. The van der Waals surface area contributed by atoms with Gasteiger partial charge in [-0.25, -0.2) is 9.97 Å². The Hall–Kier alpha value is -4.51. The third-order valence-electron chi connectivity index (χ3n) is 7.03. The average Bonchev–Trinajstić information content (AvgIpc) is 3.40. The summed E-state index contributed by atoms with van der Waals surface area (Å²) in [6.07, 6.45) is 2.64. The average molecular weight is 508 g/mol. The minimum Gasteiger partial charge on any atom is -0.436 e. The van der Waals surface area contributed by atoms with Crippen LogP contribution in [0.2, 0.25) is 0 Å². The number of anilines is 1. The number of nitrogens with one attached hydrogen (secondary N) is 1. The molecule has 0 atom stereocenters. The van der Waals surface area contributed by atoms with E-state index in [1.165, 1.54) is 0 Å². The van der Waals surface area contributed by atoms with Crippen LogP contribution in [-0.4, -0.2) is 41.8 Å². The Balaban J connectivity index is 1.19. The van der Waals surface area contributed by atoms with Crippen molar-refractivity contribution < 1.29 is 14.0 Å². The zero-order valence-electron chi connectivity index (χ0n) is 21.5. The number of pyridine rings is 1. The van der Waals surface area contributed by atoms with Gasteiger partial charge in [-0.3, -0.25) is 9.59 Å². The number of fused-ring (bicyclic) bond motifs is 1. The van der Waals surface area contributed by atoms with E-state index in [1.807, 2.05) is 30.3 Å². The minimum absolute atomic E-state index is 0.113. The molecule has 1 N–H and O–H groups in total. The van der Waals surface area contributed by atoms with Gasteiger partial charge in [-0.15, -0.1) is 0 Å². The lowest BCUT2D eigenvalue weighted by molar-refractivity contribution is 0.0944. The molecule has 5 rings (SSSR count). The number of carbonyl (C=O) groups is 2. The van der Waals surface area contributed by atoms with Crippen molar-refractivity contribution in [3.8, 4) is 17.5 Å². The monoisotopic (exact) mass is 507 g/mol. The number of piperidine rings is 1. The molecule has 1 saturated heterocycles. The molecule has 38 heavy (non-hydrogen) atoms. The van der Waals surface area contributed by atoms with E-state index in [-0.39, 0.29) is 11.8 Å². The lowest BCUT2D eigenvalue weighted by Crippen LogP contribution is -2.39. The van der Waals surface area contributed by atoms with Crippen LogP contribution in [0.15, 0.2) is 59.0 Å². The van der Waals surface area contributed by atoms with Crippen molar-refractivity contribution >= 4 is 29.1 Å². The maximum Gasteiger partial charge on any atom is 0.251 e. The predicted molar refractivity (Wildman–Crippen MR) is 145 cm³/mol. The molecule has 8 heteroatoms. The number of nitriles is 1. The minimum atomic E-state index is -0.113. The summed E-state index contributed by atoms with van der Waals surface area (Å²) in [4.78, 5) is 35.0. The number of nitrogens with zero attached hydrogens (tertiary/aromatic N) is 4. The molecule has 0 bridgehead atoms. The summed E-state index contributed by atoms with van der Waals surface area (Å²) >= 11 is 0. The number of hydrogen-bond acceptors (Lipinski definition) is 7. The standard InChI is InChI=1S/C30H29N5O3/c1-19(2)25-14-21(16-31)15-26-28(25)38-30(34-26)23-8-6-22(7-9-23)29(37)32-17-20-10-12-35(13-11-20)27-5-3-4-24(18-36)33-27/h3-9,14-15,18-20H,10-13,17H2,1-2H3,(H,32,37). The first kappa shape index (κ1) is 25.2. The molecule has 4 aromatic rings. The van der Waals surface area contributed by atoms with E-state index in [0.29, 0.717) is 46.3 Å². The summed E-state index contributed by atoms with van der Waals surface area (Å²) in [5.41, 5.74) is 4.63. The third-order valence-corrected chi connectivity index (χ3v) is 7.03. The van der Waals surface area contributed by atoms with Gasteiger partial charge in [-0.1, -0.05) is 19.9 Å². The number of aldehydes is 1. The molecule has 0 spiro atoms. The van der Waals surface area contributed by atoms with E-state index < -0.39 is 0 Å². The number of benzene rings is 2. The van der Waals surface area contributed by atoms with Crippen LogP contribution in [0.25, 0.3) is 22.6 Å². The second-order valence-corrected chi connectivity index (χ2v) is 9.96. The van der Waals surface area contributed by atoms with Crippen molar-refractivity contribution in [1.29, 1.82) is 5.26 Å². The van der Waals surface area contributed by atoms with Crippen LogP contribution in [0.5, 0.6) is 0 Å². The summed E-state index contributed by atoms with van der Waals surface area (Å²) in [7, 11) is 0. The molecule has 3 heterocycles. The van der Waals surface area contributed by atoms with Gasteiger partial charge in [0.25, 0.3) is 5.91 Å². The molecule has 1 aliphatic heterocycles. The first-order chi connectivity index (χ1) is 18.4. The first-order valence-corrected chi connectivity index (χ1v) is 12.9. The molecule has 2 aromatic carbocycles. The van der Waals surface area contributed by atoms with Crippen molar-refractivity contribution in [2.24, 2.45) is 5.92 Å². The Kier molecular flexibility index (Phi) is 7.18. The Labute approximate surface area is 221 Å². The van der Waals surface area contributed by atoms with E-state index in [9.17, 15) is 14.9 Å². The van der Waals surface area contributed by atoms with Gasteiger partial charge in [0.05, 0.1) is 11.6 Å². The maximum absolute atomic E-state index is 12.8. The molecule has 0 radical (unpaired) electrons. The lowest BCUT2D eigenvalue weighted by atomic mass is 9.96. The van der Waals surface area contributed by atoms with Crippen molar-refractivity contribution in [2.75, 3.05) is 24.5 Å². The molecular formula is C30H29N5O3. The highest BCUT2D eigenvalue weighted by atomic mass is 16.3. The van der Waals surface area contributed by atoms with Gasteiger partial charge in [0.1, 0.15) is 17.0 Å². The van der Waals surface area contributed by atoms with Gasteiger partial charge >= 0.3 is 0 Å². The molecule has 1 fully saturated rings. The fourth-order valence-electron chi connectivity index (χ4n) is 4.83. The van der Waals surface area contributed by atoms with E-state index in [0.717, 1.165) is 49.2 Å². The Morgan fingerprint density at radius 2 is 1.92 bits per heavy atom. The SMILES string of the molecule is CC(C)c1cc(C#N)cc2nc(-c3ccc(C(=O)NCC4CCN(c5cccc(C=O)n5)CC4)cc3)oc12. The van der Waals surface area contributed by atoms with Crippen molar-refractivity contribution in [3.05, 3.63) is 77.0 Å². The van der Waals surface area contributed by atoms with Gasteiger partial charge in [-0.05, 0) is 73.2 Å². The van der Waals surface area contributed by atoms with E-state index in [4.69, 9.17) is 4.42 Å². The van der Waals surface area contributed by atoms with Gasteiger partial charge in [0, 0.05) is 36.3 Å². The number of aromatic nitrogens is 2. The summed E-state index contributed by atoms with van der Waals surface area (Å²) < 4.78 is 6.08. The molecule has 0 unspecified atom stereocenters. The summed E-state index contributed by atoms with van der Waals surface area (Å²) in [6, 6.07) is 18.5. The quantitative estimate of drug-likeness (QED) is 0.336. The van der Waals surface area contributed by atoms with Crippen molar-refractivity contribution in [3.63, 3.8) is 0 Å². The highest BCUT2D eigenvalue weighted by Crippen LogP contribution is 2.31. The Morgan fingerprint density at radius 1 is 1.16 bits per heavy atom. The third kappa shape index (κ3) is 5.28. The van der Waals surface area contributed by atoms with Gasteiger partial charge in [-0.2, -0.15) is 5.26 Å². The number of oxazole rings is 1. The fourth-order valence-corrected chi connectivity index (χ4v) is 4.83. The van der Waals surface area contributed by atoms with Crippen LogP contribution in [0, 0.1) is 17.2 Å². The van der Waals surface area contributed by atoms with Crippen LogP contribution < -0.4 is 10.2 Å². The maximum atomic E-state index is 12.8. The van der Waals surface area contributed by atoms with Crippen LogP contribution in [0.3, 0.4) is 0 Å². The van der Waals surface area contributed by atoms with Gasteiger partial charge < -0.3 is 14.6 Å². The number of hydrogen-bond donors (Lipinski definition) is 1. The number of carbonyl (C=O) groups excluding carboxylic acids is 2. The number of rotatable bonds is 7. The second-order valence-electron chi connectivity index (χ2n) is 9.96.